The van der Waals surface area contributed by atoms with Gasteiger partial charge in [0.1, 0.15) is 17.4 Å². The lowest BCUT2D eigenvalue weighted by Crippen LogP contribution is -2.45. The molecule has 32 heavy (non-hydrogen) atoms. The fourth-order valence-corrected chi connectivity index (χ4v) is 3.41. The first-order chi connectivity index (χ1) is 15.3. The van der Waals surface area contributed by atoms with Gasteiger partial charge < -0.3 is 10.6 Å². The second-order valence-corrected chi connectivity index (χ2v) is 7.43. The molecule has 0 aliphatic carbocycles. The molecule has 1 aliphatic heterocycles. The molecule has 1 atom stereocenters. The van der Waals surface area contributed by atoms with E-state index in [2.05, 4.69) is 26.3 Å². The second kappa shape index (κ2) is 8.53. The van der Waals surface area contributed by atoms with Crippen molar-refractivity contribution >= 4 is 34.4 Å². The molecular formula is C21H19FN6O4. The lowest BCUT2D eigenvalue weighted by molar-refractivity contribution is -0.136. The molecular weight excluding hydrogens is 419 g/mol. The Morgan fingerprint density at radius 3 is 2.78 bits per heavy atom. The summed E-state index contributed by atoms with van der Waals surface area (Å²) in [5.41, 5.74) is 1.31. The minimum Gasteiger partial charge on any atom is -0.334 e. The summed E-state index contributed by atoms with van der Waals surface area (Å²) in [5, 5.41) is 15.5. The molecule has 0 saturated carbocycles. The minimum atomic E-state index is -0.913. The van der Waals surface area contributed by atoms with Crippen LogP contribution in [0, 0.1) is 12.7 Å². The molecule has 2 aromatic carbocycles. The summed E-state index contributed by atoms with van der Waals surface area (Å²) in [5.74, 6) is -1.35. The zero-order valence-corrected chi connectivity index (χ0v) is 17.0. The fraction of sp³-hybridized carbons (Fsp3) is 0.238. The van der Waals surface area contributed by atoms with Gasteiger partial charge in [0, 0.05) is 18.7 Å². The topological polar surface area (TPSA) is 135 Å². The lowest BCUT2D eigenvalue weighted by Gasteiger charge is -2.21. The van der Waals surface area contributed by atoms with E-state index in [4.69, 9.17) is 0 Å². The summed E-state index contributed by atoms with van der Waals surface area (Å²) < 4.78 is 14.3. The van der Waals surface area contributed by atoms with Gasteiger partial charge in [-0.05, 0) is 54.8 Å². The molecule has 3 N–H and O–H groups in total. The highest BCUT2D eigenvalue weighted by Crippen LogP contribution is 2.17. The van der Waals surface area contributed by atoms with E-state index in [-0.39, 0.29) is 30.6 Å². The standard InChI is InChI=1S/C21H19FN6O4/c1-11-8-13(3-4-15(11)22)24-21(32)23-10-12-2-5-16-14(9-12)20(31)28(27-26-16)17-6-7-18(29)25-19(17)30/h2-5,8-9,17H,6-7,10H2,1H3,(H2,23,24,32)(H,25,29,30). The molecule has 1 aliphatic rings. The van der Waals surface area contributed by atoms with Crippen LogP contribution in [0.25, 0.3) is 10.9 Å². The smallest absolute Gasteiger partial charge is 0.319 e. The number of benzene rings is 2. The number of urea groups is 1. The Hall–Kier alpha value is -4.15. The normalized spacial score (nSPS) is 16.0. The van der Waals surface area contributed by atoms with E-state index in [1.54, 1.807) is 25.1 Å². The van der Waals surface area contributed by atoms with Crippen LogP contribution in [0.4, 0.5) is 14.9 Å². The first-order valence-corrected chi connectivity index (χ1v) is 9.84. The van der Waals surface area contributed by atoms with Crippen LogP contribution >= 0.6 is 0 Å². The average Bonchev–Trinajstić information content (AvgIpc) is 2.76. The van der Waals surface area contributed by atoms with Gasteiger partial charge in [-0.1, -0.05) is 11.3 Å². The SMILES string of the molecule is Cc1cc(NC(=O)NCc2ccc3nnn(C4CCC(=O)NC4=O)c(=O)c3c2)ccc1F. The van der Waals surface area contributed by atoms with Crippen LogP contribution in [0.2, 0.25) is 0 Å². The summed E-state index contributed by atoms with van der Waals surface area (Å²) >= 11 is 0. The number of fused-ring (bicyclic) bond motifs is 1. The predicted octanol–water partition coefficient (Wildman–Crippen LogP) is 1.54. The van der Waals surface area contributed by atoms with E-state index in [1.165, 1.54) is 18.2 Å². The first kappa shape index (κ1) is 21.1. The third kappa shape index (κ3) is 4.31. The van der Waals surface area contributed by atoms with E-state index < -0.39 is 29.4 Å². The molecule has 10 nitrogen and oxygen atoms in total. The number of nitrogens with one attached hydrogen (secondary N) is 3. The first-order valence-electron chi connectivity index (χ1n) is 9.84. The molecule has 1 unspecified atom stereocenters. The zero-order chi connectivity index (χ0) is 22.8. The van der Waals surface area contributed by atoms with Gasteiger partial charge in [-0.3, -0.25) is 19.7 Å². The third-order valence-corrected chi connectivity index (χ3v) is 5.12. The Bertz CT molecular complexity index is 1310. The highest BCUT2D eigenvalue weighted by atomic mass is 19.1. The Labute approximate surface area is 180 Å². The van der Waals surface area contributed by atoms with E-state index >= 15 is 0 Å². The fourth-order valence-electron chi connectivity index (χ4n) is 3.41. The molecule has 3 aromatic rings. The summed E-state index contributed by atoms with van der Waals surface area (Å²) in [6.07, 6.45) is 0.268. The van der Waals surface area contributed by atoms with Crippen molar-refractivity contribution < 1.29 is 18.8 Å². The molecule has 0 radical (unpaired) electrons. The molecule has 0 spiro atoms. The molecule has 4 rings (SSSR count). The minimum absolute atomic E-state index is 0.106. The zero-order valence-electron chi connectivity index (χ0n) is 17.0. The van der Waals surface area contributed by atoms with Gasteiger partial charge in [0.05, 0.1) is 5.39 Å². The van der Waals surface area contributed by atoms with Crippen LogP contribution in [0.3, 0.4) is 0 Å². The largest absolute Gasteiger partial charge is 0.334 e. The molecule has 2 heterocycles. The third-order valence-electron chi connectivity index (χ3n) is 5.12. The molecule has 1 saturated heterocycles. The maximum Gasteiger partial charge on any atom is 0.319 e. The second-order valence-electron chi connectivity index (χ2n) is 7.43. The number of hydrogen-bond acceptors (Lipinski definition) is 6. The van der Waals surface area contributed by atoms with Gasteiger partial charge in [-0.25, -0.2) is 9.18 Å². The van der Waals surface area contributed by atoms with Crippen LogP contribution < -0.4 is 21.5 Å². The number of hydrogen-bond donors (Lipinski definition) is 3. The monoisotopic (exact) mass is 438 g/mol. The molecule has 1 aromatic heterocycles. The van der Waals surface area contributed by atoms with Gasteiger partial charge in [-0.15, -0.1) is 5.10 Å². The van der Waals surface area contributed by atoms with E-state index in [0.717, 1.165) is 4.68 Å². The van der Waals surface area contributed by atoms with Crippen molar-refractivity contribution in [2.75, 3.05) is 5.32 Å². The van der Waals surface area contributed by atoms with Crippen LogP contribution in [0.1, 0.15) is 30.0 Å². The van der Waals surface area contributed by atoms with Crippen molar-refractivity contribution in [2.45, 2.75) is 32.4 Å². The molecule has 11 heteroatoms. The lowest BCUT2D eigenvalue weighted by atomic mass is 10.1. The summed E-state index contributed by atoms with van der Waals surface area (Å²) in [6.45, 7) is 1.71. The maximum atomic E-state index is 13.3. The molecule has 4 amide bonds. The van der Waals surface area contributed by atoms with Gasteiger partial charge in [-0.2, -0.15) is 4.68 Å². The van der Waals surface area contributed by atoms with E-state index in [0.29, 0.717) is 22.3 Å². The van der Waals surface area contributed by atoms with Crippen LogP contribution in [0.5, 0.6) is 0 Å². The summed E-state index contributed by atoms with van der Waals surface area (Å²) in [6, 6.07) is 7.68. The number of aromatic nitrogens is 3. The number of imide groups is 1. The van der Waals surface area contributed by atoms with Crippen molar-refractivity contribution in [3.8, 4) is 0 Å². The van der Waals surface area contributed by atoms with Crippen LogP contribution in [-0.4, -0.2) is 32.8 Å². The highest BCUT2D eigenvalue weighted by molar-refractivity contribution is 5.99. The number of anilines is 1. The number of aryl methyl sites for hydroxylation is 1. The average molecular weight is 438 g/mol. The Balaban J connectivity index is 1.50. The number of piperidine rings is 1. The van der Waals surface area contributed by atoms with Crippen LogP contribution in [-0.2, 0) is 16.1 Å². The quantitative estimate of drug-likeness (QED) is 0.529. The van der Waals surface area contributed by atoms with Gasteiger partial charge in [0.25, 0.3) is 11.5 Å². The van der Waals surface area contributed by atoms with Gasteiger partial charge in [0.15, 0.2) is 0 Å². The van der Waals surface area contributed by atoms with Crippen molar-refractivity contribution in [1.82, 2.24) is 25.6 Å². The summed E-state index contributed by atoms with van der Waals surface area (Å²) in [4.78, 5) is 48.5. The van der Waals surface area contributed by atoms with Crippen molar-refractivity contribution in [2.24, 2.45) is 0 Å². The Kier molecular flexibility index (Phi) is 5.63. The Morgan fingerprint density at radius 2 is 2.03 bits per heavy atom. The molecule has 0 bridgehead atoms. The Morgan fingerprint density at radius 1 is 1.22 bits per heavy atom. The number of halogens is 1. The maximum absolute atomic E-state index is 13.3. The number of carbonyl (C=O) groups excluding carboxylic acids is 3. The van der Waals surface area contributed by atoms with Gasteiger partial charge in [0.2, 0.25) is 5.91 Å². The van der Waals surface area contributed by atoms with Crippen molar-refractivity contribution in [1.29, 1.82) is 0 Å². The van der Waals surface area contributed by atoms with Crippen molar-refractivity contribution in [3.05, 3.63) is 63.7 Å². The highest BCUT2D eigenvalue weighted by Gasteiger charge is 2.30. The van der Waals surface area contributed by atoms with Crippen LogP contribution in [0.15, 0.2) is 41.2 Å². The number of rotatable bonds is 4. The predicted molar refractivity (Wildman–Crippen MR) is 112 cm³/mol. The van der Waals surface area contributed by atoms with E-state index in [9.17, 15) is 23.6 Å². The number of nitrogens with zero attached hydrogens (tertiary/aromatic N) is 3. The molecule has 1 fully saturated rings. The number of carbonyl (C=O) groups is 3. The number of amides is 4. The van der Waals surface area contributed by atoms with E-state index in [1.807, 2.05) is 0 Å². The van der Waals surface area contributed by atoms with Crippen molar-refractivity contribution in [3.63, 3.8) is 0 Å². The molecule has 164 valence electrons. The summed E-state index contributed by atoms with van der Waals surface area (Å²) in [7, 11) is 0. The van der Waals surface area contributed by atoms with Gasteiger partial charge >= 0.3 is 6.03 Å².